The van der Waals surface area contributed by atoms with Crippen LogP contribution in [0, 0.1) is 0 Å². The summed E-state index contributed by atoms with van der Waals surface area (Å²) < 4.78 is 6.86. The average Bonchev–Trinajstić information content (AvgIpc) is 3.24. The number of methoxy groups -OCH3 is 1. The van der Waals surface area contributed by atoms with Crippen LogP contribution in [0.15, 0.2) is 47.4 Å². The SMILES string of the molecule is COCCN1CCC[C@@H]1Cn1nc(Cc2ccc(Cl)cc2)c2ncccc2c1=O.O=CO. The molecule has 9 heteroatoms. The van der Waals surface area contributed by atoms with Crippen LogP contribution in [0.1, 0.15) is 24.1 Å². The molecule has 0 amide bonds. The third-order valence-corrected chi connectivity index (χ3v) is 5.79. The van der Waals surface area contributed by atoms with E-state index in [0.717, 1.165) is 37.2 Å². The highest BCUT2D eigenvalue weighted by Gasteiger charge is 2.25. The lowest BCUT2D eigenvalue weighted by Crippen LogP contribution is -2.39. The second-order valence-corrected chi connectivity index (χ2v) is 8.00. The van der Waals surface area contributed by atoms with E-state index in [1.165, 1.54) is 0 Å². The summed E-state index contributed by atoms with van der Waals surface area (Å²) in [6.45, 7) is 2.95. The zero-order valence-electron chi connectivity index (χ0n) is 18.0. The minimum absolute atomic E-state index is 0.0773. The van der Waals surface area contributed by atoms with E-state index in [1.54, 1.807) is 24.1 Å². The van der Waals surface area contributed by atoms with Gasteiger partial charge in [-0.15, -0.1) is 0 Å². The van der Waals surface area contributed by atoms with Gasteiger partial charge in [0, 0.05) is 37.3 Å². The van der Waals surface area contributed by atoms with E-state index in [9.17, 15) is 4.79 Å². The number of aromatic nitrogens is 3. The van der Waals surface area contributed by atoms with E-state index in [1.807, 2.05) is 30.3 Å². The molecule has 3 heterocycles. The molecule has 0 unspecified atom stereocenters. The van der Waals surface area contributed by atoms with Gasteiger partial charge < -0.3 is 9.84 Å². The quantitative estimate of drug-likeness (QED) is 0.543. The predicted octanol–water partition coefficient (Wildman–Crippen LogP) is 2.85. The number of likely N-dealkylation sites (tertiary alicyclic amines) is 1. The van der Waals surface area contributed by atoms with Crippen LogP contribution in [-0.2, 0) is 22.5 Å². The fourth-order valence-corrected chi connectivity index (χ4v) is 4.15. The topological polar surface area (TPSA) is 97.5 Å². The van der Waals surface area contributed by atoms with Crippen LogP contribution < -0.4 is 5.56 Å². The number of nitrogens with zero attached hydrogens (tertiary/aromatic N) is 4. The largest absolute Gasteiger partial charge is 0.483 e. The van der Waals surface area contributed by atoms with Gasteiger partial charge in [-0.2, -0.15) is 5.10 Å². The number of carbonyl (C=O) groups is 1. The Hall–Kier alpha value is -2.81. The molecule has 4 rings (SSSR count). The van der Waals surface area contributed by atoms with Crippen molar-refractivity contribution in [3.63, 3.8) is 0 Å². The van der Waals surface area contributed by atoms with Crippen LogP contribution in [0.4, 0.5) is 0 Å². The number of fused-ring (bicyclic) bond motifs is 1. The van der Waals surface area contributed by atoms with E-state index in [-0.39, 0.29) is 12.0 Å². The third-order valence-electron chi connectivity index (χ3n) is 5.54. The van der Waals surface area contributed by atoms with Crippen LogP contribution in [-0.4, -0.2) is 64.1 Å². The van der Waals surface area contributed by atoms with Crippen molar-refractivity contribution in [1.29, 1.82) is 0 Å². The van der Waals surface area contributed by atoms with Gasteiger partial charge in [0.15, 0.2) is 0 Å². The van der Waals surface area contributed by atoms with E-state index in [0.29, 0.717) is 41.5 Å². The Kier molecular flexibility index (Phi) is 8.72. The molecule has 2 aromatic heterocycles. The lowest BCUT2D eigenvalue weighted by molar-refractivity contribution is -0.122. The number of carboxylic acid groups (broad SMARTS) is 1. The fourth-order valence-electron chi connectivity index (χ4n) is 4.03. The normalized spacial score (nSPS) is 16.0. The first-order valence-electron chi connectivity index (χ1n) is 10.5. The second-order valence-electron chi connectivity index (χ2n) is 7.57. The molecule has 1 saturated heterocycles. The van der Waals surface area contributed by atoms with Crippen LogP contribution in [0.25, 0.3) is 10.9 Å². The Morgan fingerprint density at radius 2 is 2.03 bits per heavy atom. The summed E-state index contributed by atoms with van der Waals surface area (Å²) in [4.78, 5) is 28.3. The van der Waals surface area contributed by atoms with E-state index < -0.39 is 0 Å². The molecule has 1 N–H and O–H groups in total. The first kappa shape index (κ1) is 23.8. The molecule has 1 aromatic carbocycles. The molecule has 170 valence electrons. The molecular formula is C23H27ClN4O4. The van der Waals surface area contributed by atoms with E-state index in [4.69, 9.17) is 31.3 Å². The Labute approximate surface area is 191 Å². The predicted molar refractivity (Wildman–Crippen MR) is 123 cm³/mol. The van der Waals surface area contributed by atoms with E-state index >= 15 is 0 Å². The molecule has 0 bridgehead atoms. The van der Waals surface area contributed by atoms with Gasteiger partial charge in [0.1, 0.15) is 0 Å². The molecule has 1 aliphatic rings. The van der Waals surface area contributed by atoms with Crippen molar-refractivity contribution >= 4 is 29.0 Å². The highest BCUT2D eigenvalue weighted by molar-refractivity contribution is 6.30. The summed E-state index contributed by atoms with van der Waals surface area (Å²) in [7, 11) is 1.72. The highest BCUT2D eigenvalue weighted by Crippen LogP contribution is 2.20. The highest BCUT2D eigenvalue weighted by atomic mass is 35.5. The lowest BCUT2D eigenvalue weighted by atomic mass is 10.1. The molecule has 3 aromatic rings. The van der Waals surface area contributed by atoms with Gasteiger partial charge >= 0.3 is 0 Å². The second kappa shape index (κ2) is 11.7. The third kappa shape index (κ3) is 5.91. The van der Waals surface area contributed by atoms with Gasteiger partial charge in [0.25, 0.3) is 12.0 Å². The molecule has 32 heavy (non-hydrogen) atoms. The lowest BCUT2D eigenvalue weighted by Gasteiger charge is -2.24. The molecule has 0 spiro atoms. The van der Waals surface area contributed by atoms with Gasteiger partial charge in [-0.3, -0.25) is 19.5 Å². The van der Waals surface area contributed by atoms with E-state index in [2.05, 4.69) is 9.88 Å². The molecule has 0 radical (unpaired) electrons. The molecular weight excluding hydrogens is 432 g/mol. The summed E-state index contributed by atoms with van der Waals surface area (Å²) in [5.41, 5.74) is 2.49. The van der Waals surface area contributed by atoms with Crippen molar-refractivity contribution in [1.82, 2.24) is 19.7 Å². The van der Waals surface area contributed by atoms with Crippen LogP contribution in [0.5, 0.6) is 0 Å². The molecule has 0 saturated carbocycles. The summed E-state index contributed by atoms with van der Waals surface area (Å²) in [6.07, 6.45) is 4.51. The average molecular weight is 459 g/mol. The maximum atomic E-state index is 13.1. The Morgan fingerprint density at radius 1 is 1.28 bits per heavy atom. The van der Waals surface area contributed by atoms with Gasteiger partial charge in [-0.25, -0.2) is 4.68 Å². The Morgan fingerprint density at radius 3 is 2.75 bits per heavy atom. The zero-order valence-corrected chi connectivity index (χ0v) is 18.7. The zero-order chi connectivity index (χ0) is 22.9. The number of pyridine rings is 1. The van der Waals surface area contributed by atoms with Gasteiger partial charge in [0.05, 0.1) is 29.7 Å². The number of hydrogen-bond acceptors (Lipinski definition) is 6. The number of benzene rings is 1. The minimum atomic E-state index is -0.250. The van der Waals surface area contributed by atoms with Gasteiger partial charge in [-0.05, 0) is 49.2 Å². The maximum Gasteiger partial charge on any atom is 0.290 e. The monoisotopic (exact) mass is 458 g/mol. The van der Waals surface area contributed by atoms with Gasteiger partial charge in [0.2, 0.25) is 0 Å². The Balaban J connectivity index is 0.000000913. The van der Waals surface area contributed by atoms with Crippen molar-refractivity contribution in [3.05, 3.63) is 69.2 Å². The van der Waals surface area contributed by atoms with Crippen molar-refractivity contribution in [3.8, 4) is 0 Å². The summed E-state index contributed by atoms with van der Waals surface area (Å²) in [6, 6.07) is 11.7. The summed E-state index contributed by atoms with van der Waals surface area (Å²) in [5.74, 6) is 0. The standard InChI is InChI=1S/C22H25ClN4O2.CH2O2/c1-29-13-12-26-11-3-4-18(26)15-27-22(28)19-5-2-10-24-21(19)20(25-27)14-16-6-8-17(23)9-7-16;2-1-3/h2,5-10,18H,3-4,11-15H2,1H3;1H,(H,2,3)/t18-;/m1./s1. The van der Waals surface area contributed by atoms with Crippen LogP contribution >= 0.6 is 11.6 Å². The van der Waals surface area contributed by atoms with Crippen LogP contribution in [0.3, 0.4) is 0 Å². The summed E-state index contributed by atoms with van der Waals surface area (Å²) in [5, 5.41) is 13.0. The minimum Gasteiger partial charge on any atom is -0.483 e. The van der Waals surface area contributed by atoms with Crippen molar-refractivity contribution in [2.24, 2.45) is 0 Å². The maximum absolute atomic E-state index is 13.1. The Bertz CT molecular complexity index is 1090. The van der Waals surface area contributed by atoms with Crippen molar-refractivity contribution < 1.29 is 14.6 Å². The molecule has 0 aliphatic carbocycles. The molecule has 1 atom stereocenters. The van der Waals surface area contributed by atoms with Crippen molar-refractivity contribution in [2.45, 2.75) is 31.8 Å². The van der Waals surface area contributed by atoms with Crippen LogP contribution in [0.2, 0.25) is 5.02 Å². The number of hydrogen-bond donors (Lipinski definition) is 1. The fraction of sp³-hybridized carbons (Fsp3) is 0.391. The first-order chi connectivity index (χ1) is 15.6. The molecule has 1 fully saturated rings. The van der Waals surface area contributed by atoms with Crippen molar-refractivity contribution in [2.75, 3.05) is 26.8 Å². The number of halogens is 1. The smallest absolute Gasteiger partial charge is 0.290 e. The number of rotatable bonds is 7. The first-order valence-corrected chi connectivity index (χ1v) is 10.8. The summed E-state index contributed by atoms with van der Waals surface area (Å²) >= 11 is 6.01. The van der Waals surface area contributed by atoms with Gasteiger partial charge in [-0.1, -0.05) is 23.7 Å². The number of ether oxygens (including phenoxy) is 1. The molecule has 8 nitrogen and oxygen atoms in total. The molecule has 1 aliphatic heterocycles.